The molecule has 2 unspecified atom stereocenters. The fourth-order valence-electron chi connectivity index (χ4n) is 3.65. The number of hydrogen-bond acceptors (Lipinski definition) is 4. The van der Waals surface area contributed by atoms with Crippen LogP contribution >= 0.6 is 0 Å². The number of nitrogens with one attached hydrogen (secondary N) is 2. The Morgan fingerprint density at radius 1 is 1.24 bits per heavy atom. The molecule has 2 aliphatic rings. The average Bonchev–Trinajstić information content (AvgIpc) is 3.18. The van der Waals surface area contributed by atoms with Crippen LogP contribution in [0.1, 0.15) is 31.4 Å². The first-order valence-corrected chi connectivity index (χ1v) is 8.72. The minimum absolute atomic E-state index is 0.240. The SMILES string of the molecule is CCN1CCCC1CNC(=O)C(=O)NC1C(=O)N(C)c2ccccc21. The smallest absolute Gasteiger partial charge is 0.310 e. The van der Waals surface area contributed by atoms with Gasteiger partial charge in [0.2, 0.25) is 0 Å². The maximum Gasteiger partial charge on any atom is 0.310 e. The monoisotopic (exact) mass is 344 g/mol. The number of carbonyl (C=O) groups is 3. The van der Waals surface area contributed by atoms with Crippen molar-refractivity contribution in [1.82, 2.24) is 15.5 Å². The minimum atomic E-state index is -0.807. The van der Waals surface area contributed by atoms with Gasteiger partial charge in [-0.2, -0.15) is 0 Å². The van der Waals surface area contributed by atoms with Crippen LogP contribution in [0.15, 0.2) is 24.3 Å². The summed E-state index contributed by atoms with van der Waals surface area (Å²) >= 11 is 0. The predicted octanol–water partition coefficient (Wildman–Crippen LogP) is 0.421. The third-order valence-electron chi connectivity index (χ3n) is 5.07. The number of benzene rings is 1. The van der Waals surface area contributed by atoms with Crippen LogP contribution in [0.4, 0.5) is 5.69 Å². The molecule has 2 aliphatic heterocycles. The van der Waals surface area contributed by atoms with E-state index in [0.29, 0.717) is 12.1 Å². The van der Waals surface area contributed by atoms with Gasteiger partial charge in [0.05, 0.1) is 0 Å². The second kappa shape index (κ2) is 7.23. The van der Waals surface area contributed by atoms with Crippen LogP contribution in [-0.2, 0) is 14.4 Å². The highest BCUT2D eigenvalue weighted by atomic mass is 16.2. The second-order valence-corrected chi connectivity index (χ2v) is 6.50. The Bertz CT molecular complexity index is 691. The molecule has 2 atom stereocenters. The molecule has 1 aromatic rings. The molecule has 1 aromatic carbocycles. The molecule has 2 heterocycles. The van der Waals surface area contributed by atoms with Crippen LogP contribution in [0, 0.1) is 0 Å². The van der Waals surface area contributed by atoms with E-state index in [9.17, 15) is 14.4 Å². The van der Waals surface area contributed by atoms with Gasteiger partial charge in [-0.25, -0.2) is 0 Å². The third kappa shape index (κ3) is 3.37. The van der Waals surface area contributed by atoms with Gasteiger partial charge in [-0.3, -0.25) is 19.3 Å². The van der Waals surface area contributed by atoms with Gasteiger partial charge in [0.15, 0.2) is 0 Å². The molecule has 3 amide bonds. The molecule has 0 saturated carbocycles. The topological polar surface area (TPSA) is 81.8 Å². The number of amides is 3. The van der Waals surface area contributed by atoms with Gasteiger partial charge in [0.25, 0.3) is 5.91 Å². The van der Waals surface area contributed by atoms with Gasteiger partial charge >= 0.3 is 11.8 Å². The summed E-state index contributed by atoms with van der Waals surface area (Å²) in [5.74, 6) is -1.71. The summed E-state index contributed by atoms with van der Waals surface area (Å²) in [6.45, 7) is 4.51. The molecule has 3 rings (SSSR count). The Balaban J connectivity index is 1.59. The molecule has 25 heavy (non-hydrogen) atoms. The molecular formula is C18H24N4O3. The normalized spacial score (nSPS) is 22.8. The molecule has 1 saturated heterocycles. The van der Waals surface area contributed by atoms with Gasteiger partial charge in [-0.15, -0.1) is 0 Å². The van der Waals surface area contributed by atoms with Crippen LogP contribution in [0.2, 0.25) is 0 Å². The molecular weight excluding hydrogens is 320 g/mol. The maximum absolute atomic E-state index is 12.3. The lowest BCUT2D eigenvalue weighted by Gasteiger charge is -2.22. The predicted molar refractivity (Wildman–Crippen MR) is 94.0 cm³/mol. The van der Waals surface area contributed by atoms with E-state index in [1.807, 2.05) is 18.2 Å². The molecule has 7 heteroatoms. The highest BCUT2D eigenvalue weighted by molar-refractivity contribution is 6.35. The van der Waals surface area contributed by atoms with E-state index in [-0.39, 0.29) is 11.9 Å². The Labute approximate surface area is 147 Å². The standard InChI is InChI=1S/C18H24N4O3/c1-3-22-10-6-7-12(22)11-19-16(23)17(24)20-15-13-8-4-5-9-14(13)21(2)18(15)25/h4-5,8-9,12,15H,3,6-7,10-11H2,1-2H3,(H,19,23)(H,20,24). The maximum atomic E-state index is 12.3. The van der Waals surface area contributed by atoms with Gasteiger partial charge in [0, 0.05) is 30.9 Å². The number of likely N-dealkylation sites (N-methyl/N-ethyl adjacent to an activating group) is 2. The molecule has 0 spiro atoms. The lowest BCUT2D eigenvalue weighted by Crippen LogP contribution is -2.47. The summed E-state index contributed by atoms with van der Waals surface area (Å²) in [4.78, 5) is 40.5. The van der Waals surface area contributed by atoms with Crippen molar-refractivity contribution in [3.05, 3.63) is 29.8 Å². The number of anilines is 1. The van der Waals surface area contributed by atoms with Crippen molar-refractivity contribution < 1.29 is 14.4 Å². The van der Waals surface area contributed by atoms with Crippen LogP contribution in [0.25, 0.3) is 0 Å². The summed E-state index contributed by atoms with van der Waals surface area (Å²) in [5.41, 5.74) is 1.46. The van der Waals surface area contributed by atoms with Crippen LogP contribution < -0.4 is 15.5 Å². The fourth-order valence-corrected chi connectivity index (χ4v) is 3.65. The van der Waals surface area contributed by atoms with Gasteiger partial charge < -0.3 is 15.5 Å². The molecule has 7 nitrogen and oxygen atoms in total. The largest absolute Gasteiger partial charge is 0.346 e. The summed E-state index contributed by atoms with van der Waals surface area (Å²) < 4.78 is 0. The van der Waals surface area contributed by atoms with E-state index in [1.165, 1.54) is 4.90 Å². The number of para-hydroxylation sites is 1. The first kappa shape index (κ1) is 17.4. The zero-order valence-electron chi connectivity index (χ0n) is 14.6. The number of fused-ring (bicyclic) bond motifs is 1. The van der Waals surface area contributed by atoms with E-state index in [0.717, 1.165) is 31.6 Å². The number of hydrogen-bond donors (Lipinski definition) is 2. The molecule has 0 aliphatic carbocycles. The van der Waals surface area contributed by atoms with Gasteiger partial charge in [-0.1, -0.05) is 25.1 Å². The molecule has 1 fully saturated rings. The fraction of sp³-hybridized carbons (Fsp3) is 0.500. The Morgan fingerprint density at radius 3 is 2.76 bits per heavy atom. The van der Waals surface area contributed by atoms with Crippen LogP contribution in [0.3, 0.4) is 0 Å². The summed E-state index contributed by atoms with van der Waals surface area (Å²) in [5, 5.41) is 5.25. The van der Waals surface area contributed by atoms with Crippen molar-refractivity contribution in [1.29, 1.82) is 0 Å². The Kier molecular flexibility index (Phi) is 5.03. The highest BCUT2D eigenvalue weighted by Gasteiger charge is 2.37. The lowest BCUT2D eigenvalue weighted by molar-refractivity contribution is -0.140. The molecule has 0 radical (unpaired) electrons. The molecule has 0 bridgehead atoms. The zero-order chi connectivity index (χ0) is 18.0. The summed E-state index contributed by atoms with van der Waals surface area (Å²) in [6, 6.07) is 6.72. The van der Waals surface area contributed by atoms with Crippen molar-refractivity contribution in [2.75, 3.05) is 31.6 Å². The summed E-state index contributed by atoms with van der Waals surface area (Å²) in [7, 11) is 1.66. The van der Waals surface area contributed by atoms with Gasteiger partial charge in [0.1, 0.15) is 6.04 Å². The average molecular weight is 344 g/mol. The van der Waals surface area contributed by atoms with E-state index < -0.39 is 17.9 Å². The second-order valence-electron chi connectivity index (χ2n) is 6.50. The third-order valence-corrected chi connectivity index (χ3v) is 5.07. The minimum Gasteiger partial charge on any atom is -0.346 e. The number of carbonyl (C=O) groups excluding carboxylic acids is 3. The highest BCUT2D eigenvalue weighted by Crippen LogP contribution is 2.34. The number of likely N-dealkylation sites (tertiary alicyclic amines) is 1. The number of nitrogens with zero attached hydrogens (tertiary/aromatic N) is 2. The molecule has 2 N–H and O–H groups in total. The first-order valence-electron chi connectivity index (χ1n) is 8.72. The van der Waals surface area contributed by atoms with Crippen molar-refractivity contribution >= 4 is 23.4 Å². The van der Waals surface area contributed by atoms with Crippen LogP contribution in [-0.4, -0.2) is 55.3 Å². The van der Waals surface area contributed by atoms with Crippen molar-refractivity contribution in [3.8, 4) is 0 Å². The van der Waals surface area contributed by atoms with E-state index in [4.69, 9.17) is 0 Å². The quantitative estimate of drug-likeness (QED) is 0.776. The Hall–Kier alpha value is -2.41. The zero-order valence-corrected chi connectivity index (χ0v) is 14.6. The first-order chi connectivity index (χ1) is 12.0. The van der Waals surface area contributed by atoms with Crippen molar-refractivity contribution in [2.24, 2.45) is 0 Å². The summed E-state index contributed by atoms with van der Waals surface area (Å²) in [6.07, 6.45) is 2.13. The van der Waals surface area contributed by atoms with E-state index in [1.54, 1.807) is 13.1 Å². The van der Waals surface area contributed by atoms with Gasteiger partial charge in [-0.05, 0) is 32.0 Å². The van der Waals surface area contributed by atoms with Crippen molar-refractivity contribution in [2.45, 2.75) is 31.8 Å². The van der Waals surface area contributed by atoms with Crippen molar-refractivity contribution in [3.63, 3.8) is 0 Å². The lowest BCUT2D eigenvalue weighted by atomic mass is 10.1. The molecule has 134 valence electrons. The van der Waals surface area contributed by atoms with E-state index >= 15 is 0 Å². The van der Waals surface area contributed by atoms with Crippen LogP contribution in [0.5, 0.6) is 0 Å². The number of rotatable bonds is 4. The molecule has 0 aromatic heterocycles. The Morgan fingerprint density at radius 2 is 2.00 bits per heavy atom. The van der Waals surface area contributed by atoms with E-state index in [2.05, 4.69) is 22.5 Å².